The third kappa shape index (κ3) is 1.71. The van der Waals surface area contributed by atoms with Gasteiger partial charge in [-0.15, -0.1) is 11.3 Å². The fourth-order valence-corrected chi connectivity index (χ4v) is 2.32. The topological polar surface area (TPSA) is 96.9 Å². The lowest BCUT2D eigenvalue weighted by molar-refractivity contribution is 0.555. The summed E-state index contributed by atoms with van der Waals surface area (Å²) < 4.78 is 4.92. The van der Waals surface area contributed by atoms with Gasteiger partial charge >= 0.3 is 5.76 Å². The van der Waals surface area contributed by atoms with Gasteiger partial charge in [0.25, 0.3) is 0 Å². The summed E-state index contributed by atoms with van der Waals surface area (Å²) in [6.45, 7) is 0. The summed E-state index contributed by atoms with van der Waals surface area (Å²) in [6, 6.07) is 5.40. The van der Waals surface area contributed by atoms with E-state index in [4.69, 9.17) is 10.3 Å². The number of hydrogen-bond acceptors (Lipinski definition) is 6. The van der Waals surface area contributed by atoms with Crippen LogP contribution in [0.15, 0.2) is 32.8 Å². The van der Waals surface area contributed by atoms with Crippen molar-refractivity contribution in [3.8, 4) is 10.6 Å². The van der Waals surface area contributed by atoms with Crippen LogP contribution in [0.25, 0.3) is 21.7 Å². The van der Waals surface area contributed by atoms with Crippen LogP contribution in [-0.2, 0) is 0 Å². The lowest BCUT2D eigenvalue weighted by atomic mass is 10.2. The van der Waals surface area contributed by atoms with E-state index in [0.29, 0.717) is 16.9 Å². The Hall–Kier alpha value is -2.12. The molecule has 7 heteroatoms. The molecule has 0 spiro atoms. The van der Waals surface area contributed by atoms with Gasteiger partial charge < -0.3 is 9.84 Å². The van der Waals surface area contributed by atoms with Gasteiger partial charge in [-0.1, -0.05) is 0 Å². The van der Waals surface area contributed by atoms with Gasteiger partial charge in [-0.3, -0.25) is 4.98 Å². The van der Waals surface area contributed by atoms with Crippen molar-refractivity contribution in [2.24, 2.45) is 5.84 Å². The molecule has 0 unspecified atom stereocenters. The second-order valence-electron chi connectivity index (χ2n) is 3.41. The molecule has 1 aromatic carbocycles. The Labute approximate surface area is 99.1 Å². The Balaban J connectivity index is 2.13. The first-order valence-corrected chi connectivity index (χ1v) is 5.69. The number of fused-ring (bicyclic) bond motifs is 1. The van der Waals surface area contributed by atoms with E-state index in [2.05, 4.69) is 15.4 Å². The number of nitrogens with one attached hydrogen (secondary N) is 2. The van der Waals surface area contributed by atoms with Crippen LogP contribution in [0.1, 0.15) is 0 Å². The predicted molar refractivity (Wildman–Crippen MR) is 65.8 cm³/mol. The van der Waals surface area contributed by atoms with Crippen LogP contribution in [-0.4, -0.2) is 9.97 Å². The van der Waals surface area contributed by atoms with Crippen molar-refractivity contribution in [2.75, 3.05) is 5.43 Å². The quantitative estimate of drug-likeness (QED) is 0.472. The lowest BCUT2D eigenvalue weighted by Gasteiger charge is -1.95. The number of oxazole rings is 1. The average molecular weight is 248 g/mol. The van der Waals surface area contributed by atoms with Crippen LogP contribution in [0.3, 0.4) is 0 Å². The molecule has 4 N–H and O–H groups in total. The van der Waals surface area contributed by atoms with Gasteiger partial charge in [0.1, 0.15) is 5.01 Å². The molecule has 0 radical (unpaired) electrons. The monoisotopic (exact) mass is 248 g/mol. The zero-order valence-electron chi connectivity index (χ0n) is 8.56. The van der Waals surface area contributed by atoms with Gasteiger partial charge in [0.2, 0.25) is 0 Å². The molecule has 0 amide bonds. The molecule has 0 aliphatic heterocycles. The number of hydrazine groups is 1. The molecule has 2 aromatic heterocycles. The number of benzene rings is 1. The molecule has 0 fully saturated rings. The van der Waals surface area contributed by atoms with E-state index in [9.17, 15) is 4.79 Å². The zero-order valence-corrected chi connectivity index (χ0v) is 9.38. The molecule has 0 saturated carbocycles. The smallest absolute Gasteiger partial charge is 0.408 e. The van der Waals surface area contributed by atoms with Crippen LogP contribution in [0.4, 0.5) is 5.82 Å². The largest absolute Gasteiger partial charge is 0.417 e. The summed E-state index contributed by atoms with van der Waals surface area (Å²) >= 11 is 1.47. The van der Waals surface area contributed by atoms with Gasteiger partial charge in [-0.2, -0.15) is 0 Å². The van der Waals surface area contributed by atoms with Crippen LogP contribution in [0.2, 0.25) is 0 Å². The molecule has 0 aliphatic rings. The Morgan fingerprint density at radius 3 is 3.12 bits per heavy atom. The lowest BCUT2D eigenvalue weighted by Crippen LogP contribution is -2.06. The fraction of sp³-hybridized carbons (Fsp3) is 0. The number of nitrogen functional groups attached to an aromatic ring is 1. The Morgan fingerprint density at radius 2 is 2.35 bits per heavy atom. The van der Waals surface area contributed by atoms with Crippen LogP contribution in [0.5, 0.6) is 0 Å². The summed E-state index contributed by atoms with van der Waals surface area (Å²) in [5.74, 6) is 5.43. The molecule has 3 rings (SSSR count). The SMILES string of the molecule is NNc1csc(-c2ccc3oc(=O)[nH]c3c2)n1. The third-order valence-electron chi connectivity index (χ3n) is 2.32. The molecule has 0 saturated heterocycles. The van der Waals surface area contributed by atoms with Crippen LogP contribution < -0.4 is 17.0 Å². The second kappa shape index (κ2) is 3.72. The average Bonchev–Trinajstić information content (AvgIpc) is 2.92. The van der Waals surface area contributed by atoms with Gasteiger partial charge in [-0.05, 0) is 18.2 Å². The number of rotatable bonds is 2. The molecule has 6 nitrogen and oxygen atoms in total. The van der Waals surface area contributed by atoms with Crippen molar-refractivity contribution < 1.29 is 4.42 Å². The first-order chi connectivity index (χ1) is 8.26. The highest BCUT2D eigenvalue weighted by Crippen LogP contribution is 2.27. The summed E-state index contributed by atoms with van der Waals surface area (Å²) in [5, 5.41) is 2.64. The molecule has 0 aliphatic carbocycles. The minimum absolute atomic E-state index is 0.458. The van der Waals surface area contributed by atoms with E-state index >= 15 is 0 Å². The summed E-state index contributed by atoms with van der Waals surface area (Å²) in [5.41, 5.74) is 4.58. The van der Waals surface area contributed by atoms with Crippen molar-refractivity contribution in [1.82, 2.24) is 9.97 Å². The van der Waals surface area contributed by atoms with Crippen LogP contribution >= 0.6 is 11.3 Å². The Kier molecular flexibility index (Phi) is 2.20. The Morgan fingerprint density at radius 1 is 1.47 bits per heavy atom. The number of aromatic nitrogens is 2. The van der Waals surface area contributed by atoms with Gasteiger partial charge in [0.05, 0.1) is 5.52 Å². The summed E-state index contributed by atoms with van der Waals surface area (Å²) in [7, 11) is 0. The maximum Gasteiger partial charge on any atom is 0.417 e. The highest BCUT2D eigenvalue weighted by atomic mass is 32.1. The number of nitrogens with zero attached hydrogens (tertiary/aromatic N) is 1. The minimum Gasteiger partial charge on any atom is -0.408 e. The zero-order chi connectivity index (χ0) is 11.8. The Bertz CT molecular complexity index is 727. The molecular weight excluding hydrogens is 240 g/mol. The van der Waals surface area contributed by atoms with E-state index in [0.717, 1.165) is 10.6 Å². The maximum absolute atomic E-state index is 11.0. The maximum atomic E-state index is 11.0. The van der Waals surface area contributed by atoms with E-state index < -0.39 is 5.76 Å². The van der Waals surface area contributed by atoms with Crippen molar-refractivity contribution >= 4 is 28.3 Å². The molecule has 3 aromatic rings. The molecule has 0 atom stereocenters. The molecule has 17 heavy (non-hydrogen) atoms. The van der Waals surface area contributed by atoms with E-state index in [1.165, 1.54) is 11.3 Å². The predicted octanol–water partition coefficient (Wildman–Crippen LogP) is 1.53. The fourth-order valence-electron chi connectivity index (χ4n) is 1.56. The number of anilines is 1. The standard InChI is InChI=1S/C10H8N4O2S/c11-14-8-4-17-9(13-8)5-1-2-7-6(3-5)12-10(15)16-7/h1-4,14H,11H2,(H,12,15). The van der Waals surface area contributed by atoms with Gasteiger partial charge in [0, 0.05) is 10.9 Å². The van der Waals surface area contributed by atoms with Crippen LogP contribution in [0, 0.1) is 0 Å². The highest BCUT2D eigenvalue weighted by molar-refractivity contribution is 7.13. The number of H-pyrrole nitrogens is 1. The molecule has 2 heterocycles. The minimum atomic E-state index is -0.458. The number of hydrogen-bond donors (Lipinski definition) is 3. The van der Waals surface area contributed by atoms with Gasteiger partial charge in [-0.25, -0.2) is 15.6 Å². The highest BCUT2D eigenvalue weighted by Gasteiger charge is 2.07. The summed E-state index contributed by atoms with van der Waals surface area (Å²) in [4.78, 5) is 17.9. The van der Waals surface area contributed by atoms with E-state index in [1.807, 2.05) is 17.5 Å². The van der Waals surface area contributed by atoms with Crippen molar-refractivity contribution in [2.45, 2.75) is 0 Å². The van der Waals surface area contributed by atoms with Crippen molar-refractivity contribution in [1.29, 1.82) is 0 Å². The number of aromatic amines is 1. The third-order valence-corrected chi connectivity index (χ3v) is 3.21. The molecule has 86 valence electrons. The number of thiazole rings is 1. The molecular formula is C10H8N4O2S. The second-order valence-corrected chi connectivity index (χ2v) is 4.27. The van der Waals surface area contributed by atoms with Crippen molar-refractivity contribution in [3.05, 3.63) is 34.1 Å². The first-order valence-electron chi connectivity index (χ1n) is 4.81. The van der Waals surface area contributed by atoms with Crippen molar-refractivity contribution in [3.63, 3.8) is 0 Å². The normalized spacial score (nSPS) is 10.9. The van der Waals surface area contributed by atoms with E-state index in [1.54, 1.807) is 6.07 Å². The van der Waals surface area contributed by atoms with E-state index in [-0.39, 0.29) is 0 Å². The first kappa shape index (κ1) is 10.1. The van der Waals surface area contributed by atoms with Gasteiger partial charge in [0.15, 0.2) is 11.4 Å². The summed E-state index contributed by atoms with van der Waals surface area (Å²) in [6.07, 6.45) is 0. The molecule has 0 bridgehead atoms. The number of nitrogens with two attached hydrogens (primary N) is 1.